The summed E-state index contributed by atoms with van der Waals surface area (Å²) in [6, 6.07) is 0.289. The fraction of sp³-hybridized carbons (Fsp3) is 0.842. The molecule has 3 saturated carbocycles. The maximum Gasteiger partial charge on any atom is 0.243 e. The number of aliphatic hydroxyl groups is 1. The molecule has 3 heteroatoms. The summed E-state index contributed by atoms with van der Waals surface area (Å²) in [4.78, 5) is 11.8. The Morgan fingerprint density at radius 2 is 2.05 bits per heavy atom. The zero-order valence-corrected chi connectivity index (χ0v) is 14.0. The van der Waals surface area contributed by atoms with Crippen molar-refractivity contribution in [2.45, 2.75) is 65.0 Å². The van der Waals surface area contributed by atoms with Crippen molar-refractivity contribution in [2.75, 3.05) is 0 Å². The molecule has 0 aromatic rings. The maximum atomic E-state index is 11.8. The second-order valence-electron chi connectivity index (χ2n) is 9.05. The Kier molecular flexibility index (Phi) is 3.08. The lowest BCUT2D eigenvalue weighted by Gasteiger charge is -2.60. The zero-order valence-electron chi connectivity index (χ0n) is 14.0. The van der Waals surface area contributed by atoms with E-state index in [1.54, 1.807) is 6.08 Å². The number of carbonyl (C=O) groups is 1. The molecule has 0 bridgehead atoms. The number of hydrogen-bond donors (Lipinski definition) is 2. The third kappa shape index (κ3) is 1.87. The molecular formula is C19H29NO2. The molecular weight excluding hydrogens is 274 g/mol. The van der Waals surface area contributed by atoms with Crippen LogP contribution in [0.3, 0.4) is 0 Å². The summed E-state index contributed by atoms with van der Waals surface area (Å²) in [5.74, 6) is 2.69. The quantitative estimate of drug-likeness (QED) is 0.723. The van der Waals surface area contributed by atoms with Gasteiger partial charge < -0.3 is 10.4 Å². The normalized spacial score (nSPS) is 56.8. The highest BCUT2D eigenvalue weighted by Crippen LogP contribution is 2.64. The predicted octanol–water partition coefficient (Wildman–Crippen LogP) is 2.89. The van der Waals surface area contributed by atoms with Gasteiger partial charge in [0.2, 0.25) is 5.91 Å². The molecule has 2 N–H and O–H groups in total. The third-order valence-electron chi connectivity index (χ3n) is 7.80. The van der Waals surface area contributed by atoms with Crippen LogP contribution in [-0.4, -0.2) is 23.2 Å². The van der Waals surface area contributed by atoms with E-state index >= 15 is 0 Å². The van der Waals surface area contributed by atoms with Crippen molar-refractivity contribution < 1.29 is 9.90 Å². The monoisotopic (exact) mass is 303 g/mol. The molecule has 8 atom stereocenters. The summed E-state index contributed by atoms with van der Waals surface area (Å²) in [6.45, 7) is 7.13. The molecule has 4 aliphatic rings. The van der Waals surface area contributed by atoms with Gasteiger partial charge in [-0.15, -0.1) is 0 Å². The molecule has 0 aromatic heterocycles. The van der Waals surface area contributed by atoms with E-state index in [-0.39, 0.29) is 23.5 Å². The van der Waals surface area contributed by atoms with E-state index in [1.807, 2.05) is 0 Å². The zero-order chi connectivity index (χ0) is 15.7. The number of rotatable bonds is 0. The maximum absolute atomic E-state index is 11.8. The minimum atomic E-state index is -0.104. The third-order valence-corrected chi connectivity index (χ3v) is 7.80. The van der Waals surface area contributed by atoms with Crippen molar-refractivity contribution in [3.8, 4) is 0 Å². The molecule has 1 aliphatic heterocycles. The Morgan fingerprint density at radius 3 is 2.82 bits per heavy atom. The largest absolute Gasteiger partial charge is 0.393 e. The van der Waals surface area contributed by atoms with E-state index in [9.17, 15) is 9.90 Å². The van der Waals surface area contributed by atoms with Gasteiger partial charge in [-0.25, -0.2) is 0 Å². The summed E-state index contributed by atoms with van der Waals surface area (Å²) in [5.41, 5.74) is 0.430. The van der Waals surface area contributed by atoms with Crippen LogP contribution in [-0.2, 0) is 4.79 Å². The van der Waals surface area contributed by atoms with E-state index in [0.29, 0.717) is 29.1 Å². The van der Waals surface area contributed by atoms with Gasteiger partial charge in [0.05, 0.1) is 6.10 Å². The van der Waals surface area contributed by atoms with Crippen molar-refractivity contribution in [1.82, 2.24) is 5.32 Å². The topological polar surface area (TPSA) is 49.3 Å². The number of hydrogen-bond acceptors (Lipinski definition) is 2. The molecule has 0 spiro atoms. The predicted molar refractivity (Wildman–Crippen MR) is 86.0 cm³/mol. The van der Waals surface area contributed by atoms with Crippen LogP contribution in [0, 0.1) is 34.5 Å². The first-order chi connectivity index (χ1) is 10.3. The van der Waals surface area contributed by atoms with Crippen LogP contribution in [0.1, 0.15) is 52.9 Å². The van der Waals surface area contributed by atoms with Crippen LogP contribution in [0.2, 0.25) is 0 Å². The number of carbonyl (C=O) groups excluding carboxylic acids is 1. The van der Waals surface area contributed by atoms with Crippen molar-refractivity contribution in [3.63, 3.8) is 0 Å². The van der Waals surface area contributed by atoms with Crippen molar-refractivity contribution in [2.24, 2.45) is 34.5 Å². The van der Waals surface area contributed by atoms with E-state index < -0.39 is 0 Å². The average Bonchev–Trinajstić information content (AvgIpc) is 2.75. The second kappa shape index (κ2) is 4.59. The van der Waals surface area contributed by atoms with E-state index in [2.05, 4.69) is 32.2 Å². The summed E-state index contributed by atoms with van der Waals surface area (Å²) < 4.78 is 0. The van der Waals surface area contributed by atoms with Gasteiger partial charge >= 0.3 is 0 Å². The lowest BCUT2D eigenvalue weighted by molar-refractivity contribution is -0.124. The molecule has 3 fully saturated rings. The summed E-state index contributed by atoms with van der Waals surface area (Å²) in [7, 11) is 0. The van der Waals surface area contributed by atoms with Crippen LogP contribution in [0.4, 0.5) is 0 Å². The van der Waals surface area contributed by atoms with Gasteiger partial charge in [0.25, 0.3) is 0 Å². The van der Waals surface area contributed by atoms with Gasteiger partial charge in [-0.3, -0.25) is 4.79 Å². The highest BCUT2D eigenvalue weighted by Gasteiger charge is 2.60. The number of nitrogens with one attached hydrogen (secondary N) is 1. The van der Waals surface area contributed by atoms with Gasteiger partial charge in [0.15, 0.2) is 0 Å². The van der Waals surface area contributed by atoms with Crippen LogP contribution in [0.25, 0.3) is 0 Å². The first kappa shape index (κ1) is 14.7. The van der Waals surface area contributed by atoms with Gasteiger partial charge in [-0.1, -0.05) is 26.8 Å². The van der Waals surface area contributed by atoms with E-state index in [0.717, 1.165) is 19.3 Å². The van der Waals surface area contributed by atoms with Gasteiger partial charge in [0.1, 0.15) is 0 Å². The van der Waals surface area contributed by atoms with Gasteiger partial charge in [-0.05, 0) is 67.3 Å². The standard InChI is InChI=1S/C19H29NO2/c1-11-8-15-19(3,7-5-16(22)20-15)13-4-6-18(2)10-12(21)9-14(18)17(11)13/h5,7,11-15,17,21H,4,6,8-10H2,1-3H3,(H,20,22)/t11-,12+,13-,14-,15+,17+,18+,19+/m0/s1. The Morgan fingerprint density at radius 1 is 1.27 bits per heavy atom. The molecule has 0 radical (unpaired) electrons. The smallest absolute Gasteiger partial charge is 0.243 e. The van der Waals surface area contributed by atoms with Crippen LogP contribution in [0.15, 0.2) is 12.2 Å². The van der Waals surface area contributed by atoms with Crippen LogP contribution < -0.4 is 5.32 Å². The molecule has 1 amide bonds. The van der Waals surface area contributed by atoms with Crippen LogP contribution in [0.5, 0.6) is 0 Å². The van der Waals surface area contributed by atoms with Gasteiger partial charge in [-0.2, -0.15) is 0 Å². The van der Waals surface area contributed by atoms with E-state index in [1.165, 1.54) is 12.8 Å². The van der Waals surface area contributed by atoms with Crippen molar-refractivity contribution in [1.29, 1.82) is 0 Å². The van der Waals surface area contributed by atoms with Gasteiger partial charge in [0, 0.05) is 11.5 Å². The van der Waals surface area contributed by atoms with E-state index in [4.69, 9.17) is 0 Å². The molecule has 1 heterocycles. The molecule has 122 valence electrons. The minimum absolute atomic E-state index is 0.0741. The number of fused-ring (bicyclic) bond motifs is 5. The summed E-state index contributed by atoms with van der Waals surface area (Å²) in [5, 5.41) is 13.5. The van der Waals surface area contributed by atoms with Crippen molar-refractivity contribution >= 4 is 5.91 Å². The first-order valence-electron chi connectivity index (χ1n) is 9.01. The minimum Gasteiger partial charge on any atom is -0.393 e. The fourth-order valence-corrected chi connectivity index (χ4v) is 6.71. The second-order valence-corrected chi connectivity index (χ2v) is 9.05. The molecule has 4 rings (SSSR count). The molecule has 0 unspecified atom stereocenters. The molecule has 22 heavy (non-hydrogen) atoms. The average molecular weight is 303 g/mol. The molecule has 0 saturated heterocycles. The Bertz CT molecular complexity index is 530. The van der Waals surface area contributed by atoms with Crippen LogP contribution >= 0.6 is 0 Å². The summed E-state index contributed by atoms with van der Waals surface area (Å²) >= 11 is 0. The molecule has 0 aromatic carbocycles. The highest BCUT2D eigenvalue weighted by molar-refractivity contribution is 5.89. The highest BCUT2D eigenvalue weighted by atomic mass is 16.3. The first-order valence-corrected chi connectivity index (χ1v) is 9.01. The Balaban J connectivity index is 1.72. The van der Waals surface area contributed by atoms with Crippen molar-refractivity contribution in [3.05, 3.63) is 12.2 Å². The summed E-state index contributed by atoms with van der Waals surface area (Å²) in [6.07, 6.45) is 9.37. The molecule has 3 nitrogen and oxygen atoms in total. The Labute approximate surface area is 133 Å². The SMILES string of the molecule is C[C@H]1C[C@H]2NC(=O)C=C[C@]2(C)[C@H]2CC[C@]3(C)C[C@H](O)C[C@H]3[C@H]12. The Hall–Kier alpha value is -0.830. The lowest BCUT2D eigenvalue weighted by atomic mass is 9.46. The number of aliphatic hydroxyl groups excluding tert-OH is 1. The number of amides is 1. The molecule has 3 aliphatic carbocycles. The lowest BCUT2D eigenvalue weighted by Crippen LogP contribution is -2.61. The fourth-order valence-electron chi connectivity index (χ4n) is 6.71.